The van der Waals surface area contributed by atoms with E-state index in [9.17, 15) is 18.0 Å². The van der Waals surface area contributed by atoms with Crippen molar-refractivity contribution in [1.29, 1.82) is 0 Å². The lowest BCUT2D eigenvalue weighted by Crippen LogP contribution is -2.17. The number of alkyl halides is 3. The number of pyridine rings is 1. The normalized spacial score (nSPS) is 11.5. The molecule has 6 heteroatoms. The molecule has 0 saturated carbocycles. The Balaban J connectivity index is 2.55. The van der Waals surface area contributed by atoms with Crippen molar-refractivity contribution in [2.75, 3.05) is 5.73 Å². The summed E-state index contributed by atoms with van der Waals surface area (Å²) in [5.41, 5.74) is 4.55. The molecule has 94 valence electrons. The molecule has 0 aliphatic carbocycles. The first-order valence-electron chi connectivity index (χ1n) is 5.04. The zero-order valence-corrected chi connectivity index (χ0v) is 9.11. The van der Waals surface area contributed by atoms with Crippen LogP contribution in [-0.4, -0.2) is 4.57 Å². The zero-order valence-electron chi connectivity index (χ0n) is 9.11. The molecule has 0 aliphatic heterocycles. The van der Waals surface area contributed by atoms with E-state index in [1.165, 1.54) is 24.4 Å². The summed E-state index contributed by atoms with van der Waals surface area (Å²) in [6.07, 6.45) is -3.10. The third kappa shape index (κ3) is 2.37. The van der Waals surface area contributed by atoms with Gasteiger partial charge in [-0.2, -0.15) is 13.2 Å². The Kier molecular flexibility index (Phi) is 2.86. The van der Waals surface area contributed by atoms with Crippen LogP contribution in [0.25, 0.3) is 5.69 Å². The highest BCUT2D eigenvalue weighted by molar-refractivity contribution is 5.41. The molecule has 0 radical (unpaired) electrons. The van der Waals surface area contributed by atoms with Crippen molar-refractivity contribution in [3.63, 3.8) is 0 Å². The monoisotopic (exact) mass is 254 g/mol. The second-order valence-corrected chi connectivity index (χ2v) is 3.72. The smallest absolute Gasteiger partial charge is 0.399 e. The molecule has 1 aromatic carbocycles. The van der Waals surface area contributed by atoms with E-state index in [1.54, 1.807) is 0 Å². The fraction of sp³-hybridized carbons (Fsp3) is 0.0833. The SMILES string of the molecule is Nc1ccn(-c2cccc(C(F)(F)F)c2)c(=O)c1. The van der Waals surface area contributed by atoms with Crippen molar-refractivity contribution in [2.24, 2.45) is 0 Å². The van der Waals surface area contributed by atoms with E-state index in [-0.39, 0.29) is 11.4 Å². The van der Waals surface area contributed by atoms with Gasteiger partial charge in [-0.3, -0.25) is 9.36 Å². The number of halogens is 3. The summed E-state index contributed by atoms with van der Waals surface area (Å²) in [5, 5.41) is 0. The van der Waals surface area contributed by atoms with Crippen LogP contribution in [0.3, 0.4) is 0 Å². The Labute approximate surface area is 100 Å². The Morgan fingerprint density at radius 3 is 2.44 bits per heavy atom. The van der Waals surface area contributed by atoms with Gasteiger partial charge in [0.15, 0.2) is 0 Å². The lowest BCUT2D eigenvalue weighted by Gasteiger charge is -2.10. The standard InChI is InChI=1S/C12H9F3N2O/c13-12(14,15)8-2-1-3-10(6-8)17-5-4-9(16)7-11(17)18/h1-7H,16H2. The Morgan fingerprint density at radius 2 is 1.83 bits per heavy atom. The molecule has 0 amide bonds. The van der Waals surface area contributed by atoms with Gasteiger partial charge in [-0.1, -0.05) is 6.07 Å². The lowest BCUT2D eigenvalue weighted by molar-refractivity contribution is -0.137. The van der Waals surface area contributed by atoms with Gasteiger partial charge in [0, 0.05) is 23.6 Å². The van der Waals surface area contributed by atoms with Crippen LogP contribution >= 0.6 is 0 Å². The minimum atomic E-state index is -4.44. The van der Waals surface area contributed by atoms with Gasteiger partial charge in [0.1, 0.15) is 0 Å². The lowest BCUT2D eigenvalue weighted by atomic mass is 10.2. The molecule has 1 aromatic heterocycles. The van der Waals surface area contributed by atoms with E-state index in [1.807, 2.05) is 0 Å². The van der Waals surface area contributed by atoms with Gasteiger partial charge < -0.3 is 5.73 Å². The molecule has 2 rings (SSSR count). The average molecular weight is 254 g/mol. The highest BCUT2D eigenvalue weighted by Crippen LogP contribution is 2.30. The summed E-state index contributed by atoms with van der Waals surface area (Å²) in [5.74, 6) is 0. The fourth-order valence-corrected chi connectivity index (χ4v) is 1.54. The molecule has 2 aromatic rings. The van der Waals surface area contributed by atoms with Crippen molar-refractivity contribution >= 4 is 5.69 Å². The Hall–Kier alpha value is -2.24. The second-order valence-electron chi connectivity index (χ2n) is 3.72. The number of hydrogen-bond acceptors (Lipinski definition) is 2. The van der Waals surface area contributed by atoms with E-state index in [4.69, 9.17) is 5.73 Å². The van der Waals surface area contributed by atoms with Crippen LogP contribution < -0.4 is 11.3 Å². The van der Waals surface area contributed by atoms with Gasteiger partial charge in [0.25, 0.3) is 5.56 Å². The maximum atomic E-state index is 12.5. The maximum Gasteiger partial charge on any atom is 0.416 e. The van der Waals surface area contributed by atoms with Gasteiger partial charge in [-0.25, -0.2) is 0 Å². The van der Waals surface area contributed by atoms with E-state index >= 15 is 0 Å². The molecule has 0 fully saturated rings. The summed E-state index contributed by atoms with van der Waals surface area (Å²) in [4.78, 5) is 11.6. The fourth-order valence-electron chi connectivity index (χ4n) is 1.54. The molecule has 3 nitrogen and oxygen atoms in total. The minimum Gasteiger partial charge on any atom is -0.399 e. The molecular formula is C12H9F3N2O. The molecule has 0 saturated heterocycles. The first-order valence-corrected chi connectivity index (χ1v) is 5.04. The van der Waals surface area contributed by atoms with Crippen molar-refractivity contribution in [1.82, 2.24) is 4.57 Å². The molecule has 0 unspecified atom stereocenters. The van der Waals surface area contributed by atoms with Crippen LogP contribution in [0.1, 0.15) is 5.56 Å². The zero-order chi connectivity index (χ0) is 13.3. The number of benzene rings is 1. The van der Waals surface area contributed by atoms with E-state index in [2.05, 4.69) is 0 Å². The number of nitrogen functional groups attached to an aromatic ring is 1. The van der Waals surface area contributed by atoms with Crippen LogP contribution in [0.2, 0.25) is 0 Å². The molecule has 0 atom stereocenters. The number of hydrogen-bond donors (Lipinski definition) is 1. The number of rotatable bonds is 1. The maximum absolute atomic E-state index is 12.5. The summed E-state index contributed by atoms with van der Waals surface area (Å²) in [7, 11) is 0. The summed E-state index contributed by atoms with van der Waals surface area (Å²) >= 11 is 0. The van der Waals surface area contributed by atoms with Crippen molar-refractivity contribution < 1.29 is 13.2 Å². The van der Waals surface area contributed by atoms with Crippen molar-refractivity contribution in [2.45, 2.75) is 6.18 Å². The highest BCUT2D eigenvalue weighted by Gasteiger charge is 2.30. The van der Waals surface area contributed by atoms with Crippen LogP contribution in [0.5, 0.6) is 0 Å². The Morgan fingerprint density at radius 1 is 1.11 bits per heavy atom. The quantitative estimate of drug-likeness (QED) is 0.849. The van der Waals surface area contributed by atoms with Gasteiger partial charge in [-0.15, -0.1) is 0 Å². The number of nitrogens with two attached hydrogens (primary N) is 1. The summed E-state index contributed by atoms with van der Waals surface area (Å²) in [6, 6.07) is 7.14. The highest BCUT2D eigenvalue weighted by atomic mass is 19.4. The van der Waals surface area contributed by atoms with Gasteiger partial charge in [0.2, 0.25) is 0 Å². The minimum absolute atomic E-state index is 0.148. The van der Waals surface area contributed by atoms with Crippen LogP contribution in [0.4, 0.5) is 18.9 Å². The molecule has 0 aliphatic rings. The third-order valence-corrected chi connectivity index (χ3v) is 2.40. The first kappa shape index (κ1) is 12.2. The molecule has 0 bridgehead atoms. The third-order valence-electron chi connectivity index (χ3n) is 2.40. The summed E-state index contributed by atoms with van der Waals surface area (Å²) < 4.78 is 38.7. The second kappa shape index (κ2) is 4.21. The largest absolute Gasteiger partial charge is 0.416 e. The molecule has 18 heavy (non-hydrogen) atoms. The van der Waals surface area contributed by atoms with Crippen LogP contribution in [0, 0.1) is 0 Å². The Bertz CT molecular complexity index is 632. The predicted molar refractivity (Wildman–Crippen MR) is 61.5 cm³/mol. The molecule has 2 N–H and O–H groups in total. The van der Waals surface area contributed by atoms with Gasteiger partial charge >= 0.3 is 6.18 Å². The van der Waals surface area contributed by atoms with Crippen molar-refractivity contribution in [3.8, 4) is 5.69 Å². The number of nitrogens with zero attached hydrogens (tertiary/aromatic N) is 1. The molecular weight excluding hydrogens is 245 g/mol. The first-order chi connectivity index (χ1) is 8.38. The van der Waals surface area contributed by atoms with E-state index in [0.717, 1.165) is 22.8 Å². The van der Waals surface area contributed by atoms with Crippen LogP contribution in [-0.2, 0) is 6.18 Å². The van der Waals surface area contributed by atoms with E-state index < -0.39 is 17.3 Å². The van der Waals surface area contributed by atoms with Crippen LogP contribution in [0.15, 0.2) is 47.4 Å². The number of anilines is 1. The predicted octanol–water partition coefficient (Wildman–Crippen LogP) is 2.44. The number of aromatic nitrogens is 1. The molecule has 1 heterocycles. The van der Waals surface area contributed by atoms with Gasteiger partial charge in [0.05, 0.1) is 5.56 Å². The van der Waals surface area contributed by atoms with Crippen molar-refractivity contribution in [3.05, 3.63) is 58.5 Å². The average Bonchev–Trinajstić information content (AvgIpc) is 2.28. The van der Waals surface area contributed by atoms with E-state index in [0.29, 0.717) is 0 Å². The summed E-state index contributed by atoms with van der Waals surface area (Å²) in [6.45, 7) is 0. The van der Waals surface area contributed by atoms with Gasteiger partial charge in [-0.05, 0) is 24.3 Å². The topological polar surface area (TPSA) is 48.0 Å². The molecule has 0 spiro atoms.